The molecule has 0 aliphatic carbocycles. The number of para-hydroxylation sites is 2. The Balaban J connectivity index is 2.03. The molecular formula is C15H16N2OS. The van der Waals surface area contributed by atoms with E-state index in [0.29, 0.717) is 5.11 Å². The van der Waals surface area contributed by atoms with Gasteiger partial charge in [-0.05, 0) is 43.4 Å². The lowest BCUT2D eigenvalue weighted by Crippen LogP contribution is -2.19. The minimum Gasteiger partial charge on any atom is -0.495 e. The summed E-state index contributed by atoms with van der Waals surface area (Å²) in [5.74, 6) is 0.760. The first kappa shape index (κ1) is 13.4. The van der Waals surface area contributed by atoms with Gasteiger partial charge in [-0.15, -0.1) is 0 Å². The van der Waals surface area contributed by atoms with E-state index in [-0.39, 0.29) is 0 Å². The van der Waals surface area contributed by atoms with Crippen LogP contribution < -0.4 is 15.4 Å². The van der Waals surface area contributed by atoms with Gasteiger partial charge in [-0.1, -0.05) is 29.8 Å². The van der Waals surface area contributed by atoms with E-state index >= 15 is 0 Å². The molecule has 4 heteroatoms. The Labute approximate surface area is 118 Å². The Bertz CT molecular complexity index is 567. The van der Waals surface area contributed by atoms with Crippen molar-refractivity contribution >= 4 is 28.7 Å². The molecular weight excluding hydrogens is 256 g/mol. The number of hydrogen-bond donors (Lipinski definition) is 2. The van der Waals surface area contributed by atoms with Crippen LogP contribution in [0.1, 0.15) is 5.56 Å². The van der Waals surface area contributed by atoms with Gasteiger partial charge in [-0.2, -0.15) is 0 Å². The van der Waals surface area contributed by atoms with Gasteiger partial charge in [0.1, 0.15) is 5.75 Å². The molecule has 0 amide bonds. The van der Waals surface area contributed by atoms with Crippen LogP contribution in [-0.4, -0.2) is 12.2 Å². The van der Waals surface area contributed by atoms with Crippen molar-refractivity contribution in [2.75, 3.05) is 17.7 Å². The second kappa shape index (κ2) is 6.20. The monoisotopic (exact) mass is 272 g/mol. The first-order valence-electron chi connectivity index (χ1n) is 5.97. The second-order valence-corrected chi connectivity index (χ2v) is 4.55. The number of hydrogen-bond acceptors (Lipinski definition) is 2. The second-order valence-electron chi connectivity index (χ2n) is 4.15. The summed E-state index contributed by atoms with van der Waals surface area (Å²) in [6, 6.07) is 15.7. The highest BCUT2D eigenvalue weighted by atomic mass is 32.1. The largest absolute Gasteiger partial charge is 0.495 e. The Morgan fingerprint density at radius 3 is 2.37 bits per heavy atom. The summed E-state index contributed by atoms with van der Waals surface area (Å²) in [6.45, 7) is 2.05. The van der Waals surface area contributed by atoms with Crippen molar-refractivity contribution in [3.05, 3.63) is 54.1 Å². The van der Waals surface area contributed by atoms with Crippen molar-refractivity contribution in [2.45, 2.75) is 6.92 Å². The average molecular weight is 272 g/mol. The highest BCUT2D eigenvalue weighted by Gasteiger charge is 2.03. The van der Waals surface area contributed by atoms with Crippen molar-refractivity contribution in [3.63, 3.8) is 0 Å². The van der Waals surface area contributed by atoms with E-state index in [2.05, 4.69) is 17.6 Å². The van der Waals surface area contributed by atoms with E-state index in [4.69, 9.17) is 17.0 Å². The Kier molecular flexibility index (Phi) is 4.36. The number of aryl methyl sites for hydroxylation is 1. The molecule has 2 rings (SSSR count). The fourth-order valence-corrected chi connectivity index (χ4v) is 1.90. The molecule has 0 radical (unpaired) electrons. The van der Waals surface area contributed by atoms with E-state index in [1.54, 1.807) is 7.11 Å². The first-order chi connectivity index (χ1) is 9.19. The maximum Gasteiger partial charge on any atom is 0.175 e. The molecule has 0 saturated heterocycles. The topological polar surface area (TPSA) is 33.3 Å². The van der Waals surface area contributed by atoms with Crippen LogP contribution in [0.25, 0.3) is 0 Å². The fraction of sp³-hybridized carbons (Fsp3) is 0.133. The van der Waals surface area contributed by atoms with E-state index in [0.717, 1.165) is 17.1 Å². The first-order valence-corrected chi connectivity index (χ1v) is 6.37. The van der Waals surface area contributed by atoms with Gasteiger partial charge in [0.15, 0.2) is 5.11 Å². The highest BCUT2D eigenvalue weighted by molar-refractivity contribution is 7.80. The number of benzene rings is 2. The fourth-order valence-electron chi connectivity index (χ4n) is 1.67. The Morgan fingerprint density at radius 2 is 1.68 bits per heavy atom. The zero-order valence-corrected chi connectivity index (χ0v) is 11.8. The van der Waals surface area contributed by atoms with Gasteiger partial charge in [0.2, 0.25) is 0 Å². The number of rotatable bonds is 3. The number of methoxy groups -OCH3 is 1. The van der Waals surface area contributed by atoms with Crippen LogP contribution in [0.4, 0.5) is 11.4 Å². The molecule has 98 valence electrons. The van der Waals surface area contributed by atoms with E-state index in [9.17, 15) is 0 Å². The summed E-state index contributed by atoms with van der Waals surface area (Å²) < 4.78 is 5.26. The van der Waals surface area contributed by atoms with E-state index in [1.807, 2.05) is 48.5 Å². The van der Waals surface area contributed by atoms with E-state index in [1.165, 1.54) is 5.56 Å². The van der Waals surface area contributed by atoms with Crippen molar-refractivity contribution in [1.29, 1.82) is 0 Å². The lowest BCUT2D eigenvalue weighted by atomic mass is 10.2. The van der Waals surface area contributed by atoms with Crippen LogP contribution >= 0.6 is 12.2 Å². The summed E-state index contributed by atoms with van der Waals surface area (Å²) in [6.07, 6.45) is 0. The van der Waals surface area contributed by atoms with Gasteiger partial charge in [0, 0.05) is 5.69 Å². The summed E-state index contributed by atoms with van der Waals surface area (Å²) in [5.41, 5.74) is 3.02. The normalized spacial score (nSPS) is 9.79. The van der Waals surface area contributed by atoms with Gasteiger partial charge < -0.3 is 15.4 Å². The van der Waals surface area contributed by atoms with E-state index < -0.39 is 0 Å². The molecule has 0 spiro atoms. The van der Waals surface area contributed by atoms with Crippen LogP contribution in [0.5, 0.6) is 5.75 Å². The van der Waals surface area contributed by atoms with Crippen molar-refractivity contribution in [3.8, 4) is 5.75 Å². The molecule has 0 saturated carbocycles. The molecule has 0 bridgehead atoms. The van der Waals surface area contributed by atoms with Crippen LogP contribution in [-0.2, 0) is 0 Å². The average Bonchev–Trinajstić information content (AvgIpc) is 2.42. The number of ether oxygens (including phenoxy) is 1. The minimum atomic E-state index is 0.536. The molecule has 0 aromatic heterocycles. The van der Waals surface area contributed by atoms with Gasteiger partial charge in [-0.25, -0.2) is 0 Å². The van der Waals surface area contributed by atoms with Crippen LogP contribution in [0.2, 0.25) is 0 Å². The molecule has 19 heavy (non-hydrogen) atoms. The SMILES string of the molecule is COc1ccccc1NC(=S)Nc1ccc(C)cc1. The lowest BCUT2D eigenvalue weighted by Gasteiger charge is -2.13. The molecule has 0 atom stereocenters. The molecule has 0 heterocycles. The molecule has 2 aromatic carbocycles. The molecule has 2 N–H and O–H groups in total. The standard InChI is InChI=1S/C15H16N2OS/c1-11-7-9-12(10-8-11)16-15(19)17-13-5-3-4-6-14(13)18-2/h3-10H,1-2H3,(H2,16,17,19). The smallest absolute Gasteiger partial charge is 0.175 e. The third-order valence-electron chi connectivity index (χ3n) is 2.66. The minimum absolute atomic E-state index is 0.536. The Morgan fingerprint density at radius 1 is 1.00 bits per heavy atom. The van der Waals surface area contributed by atoms with Crippen molar-refractivity contribution < 1.29 is 4.74 Å². The van der Waals surface area contributed by atoms with Gasteiger partial charge >= 0.3 is 0 Å². The maximum absolute atomic E-state index is 5.28. The summed E-state index contributed by atoms with van der Waals surface area (Å²) in [7, 11) is 1.64. The predicted molar refractivity (Wildman–Crippen MR) is 84.0 cm³/mol. The molecule has 0 aliphatic heterocycles. The third kappa shape index (κ3) is 3.69. The lowest BCUT2D eigenvalue weighted by molar-refractivity contribution is 0.417. The van der Waals surface area contributed by atoms with Gasteiger partial charge in [-0.3, -0.25) is 0 Å². The maximum atomic E-state index is 5.28. The molecule has 3 nitrogen and oxygen atoms in total. The quantitative estimate of drug-likeness (QED) is 0.832. The molecule has 2 aromatic rings. The van der Waals surface area contributed by atoms with Crippen LogP contribution in [0.15, 0.2) is 48.5 Å². The zero-order chi connectivity index (χ0) is 13.7. The summed E-state index contributed by atoms with van der Waals surface area (Å²) in [4.78, 5) is 0. The summed E-state index contributed by atoms with van der Waals surface area (Å²) in [5, 5.41) is 6.79. The van der Waals surface area contributed by atoms with Crippen LogP contribution in [0.3, 0.4) is 0 Å². The molecule has 0 unspecified atom stereocenters. The third-order valence-corrected chi connectivity index (χ3v) is 2.87. The molecule has 0 fully saturated rings. The Hall–Kier alpha value is -2.07. The predicted octanol–water partition coefficient (Wildman–Crippen LogP) is 3.81. The van der Waals surface area contributed by atoms with Gasteiger partial charge in [0.25, 0.3) is 0 Å². The van der Waals surface area contributed by atoms with Crippen LogP contribution in [0, 0.1) is 6.92 Å². The number of thiocarbonyl (C=S) groups is 1. The van der Waals surface area contributed by atoms with Crippen molar-refractivity contribution in [1.82, 2.24) is 0 Å². The number of nitrogens with one attached hydrogen (secondary N) is 2. The highest BCUT2D eigenvalue weighted by Crippen LogP contribution is 2.23. The molecule has 0 aliphatic rings. The number of anilines is 2. The summed E-state index contributed by atoms with van der Waals surface area (Å²) >= 11 is 5.28. The van der Waals surface area contributed by atoms with Gasteiger partial charge in [0.05, 0.1) is 12.8 Å². The van der Waals surface area contributed by atoms with Crippen molar-refractivity contribution in [2.24, 2.45) is 0 Å². The zero-order valence-electron chi connectivity index (χ0n) is 10.9.